The van der Waals surface area contributed by atoms with Gasteiger partial charge in [0.05, 0.1) is 0 Å². The van der Waals surface area contributed by atoms with Gasteiger partial charge in [0.1, 0.15) is 0 Å². The highest BCUT2D eigenvalue weighted by Crippen LogP contribution is 1.93. The van der Waals surface area contributed by atoms with Crippen molar-refractivity contribution in [3.63, 3.8) is 0 Å². The summed E-state index contributed by atoms with van der Waals surface area (Å²) in [6, 6.07) is 0. The third kappa shape index (κ3) is 5.48. The summed E-state index contributed by atoms with van der Waals surface area (Å²) in [6.45, 7) is 4.00. The molecular weight excluding hydrogens is 96.1 g/mol. The van der Waals surface area contributed by atoms with Crippen LogP contribution in [0.2, 0.25) is 0 Å². The molecule has 1 aliphatic rings. The summed E-state index contributed by atoms with van der Waals surface area (Å²) in [6.07, 6.45) is 9.50. The summed E-state index contributed by atoms with van der Waals surface area (Å²) in [5, 5.41) is 0. The van der Waals surface area contributed by atoms with Crippen LogP contribution in [-0.4, -0.2) is 0 Å². The Hall–Kier alpha value is -0.520. The Morgan fingerprint density at radius 3 is 1.75 bits per heavy atom. The molecule has 0 aromatic rings. The zero-order valence-corrected chi connectivity index (χ0v) is 6.02. The van der Waals surface area contributed by atoms with Crippen LogP contribution in [0, 0.1) is 0 Å². The van der Waals surface area contributed by atoms with E-state index >= 15 is 0 Å². The summed E-state index contributed by atoms with van der Waals surface area (Å²) < 4.78 is 5.75. The van der Waals surface area contributed by atoms with Crippen LogP contribution in [0.15, 0.2) is 24.3 Å². The summed E-state index contributed by atoms with van der Waals surface area (Å²) in [7, 11) is 1.25. The maximum atomic E-state index is 5.75. The molecule has 0 unspecified atom stereocenters. The molecule has 0 saturated carbocycles. The van der Waals surface area contributed by atoms with Gasteiger partial charge in [-0.05, 0) is 6.42 Å². The highest BCUT2D eigenvalue weighted by molar-refractivity contribution is 5.11. The number of hydrogen-bond acceptors (Lipinski definition) is 0. The van der Waals surface area contributed by atoms with Gasteiger partial charge >= 0.3 is 0 Å². The number of allylic oxidation sites excluding steroid dienone is 4. The molecule has 48 valence electrons. The van der Waals surface area contributed by atoms with E-state index in [-0.39, 0.29) is 0 Å². The van der Waals surface area contributed by atoms with E-state index in [0.29, 0.717) is 0 Å². The monoisotopic (exact) mass is 113 g/mol. The average Bonchev–Trinajstić information content (AvgIpc) is 2.51. The van der Waals surface area contributed by atoms with Crippen molar-refractivity contribution >= 4 is 0 Å². The van der Waals surface area contributed by atoms with Crippen molar-refractivity contribution in [1.29, 1.82) is 0 Å². The van der Waals surface area contributed by atoms with Gasteiger partial charge in [0.2, 0.25) is 0 Å². The fourth-order valence-corrected chi connectivity index (χ4v) is 0.393. The Bertz CT molecular complexity index is 62.6. The fraction of sp³-hybridized carbons (Fsp3) is 0.500. The quantitative estimate of drug-likeness (QED) is 0.452. The van der Waals surface area contributed by atoms with Crippen LogP contribution in [-0.2, 0) is 0 Å². The minimum Gasteiger partial charge on any atom is -0.0808 e. The molecule has 0 nitrogen and oxygen atoms in total. The zero-order chi connectivity index (χ0) is 7.54. The lowest BCUT2D eigenvalue weighted by Gasteiger charge is -1.57. The SMILES string of the molecule is C1=CCC=C1.CC.[2H]C. The maximum Gasteiger partial charge on any atom is 0.0194 e. The molecule has 0 spiro atoms. The Kier molecular flexibility index (Phi) is 9.07. The average molecular weight is 113 g/mol. The van der Waals surface area contributed by atoms with E-state index in [1.807, 2.05) is 13.8 Å². The van der Waals surface area contributed by atoms with Gasteiger partial charge in [-0.3, -0.25) is 0 Å². The highest BCUT2D eigenvalue weighted by atomic mass is 13.8. The second-order valence-electron chi connectivity index (χ2n) is 1.09. The van der Waals surface area contributed by atoms with Gasteiger partial charge in [-0.25, -0.2) is 0 Å². The first-order chi connectivity index (χ1) is 4.50. The van der Waals surface area contributed by atoms with Crippen LogP contribution in [0.1, 0.15) is 29.0 Å². The lowest BCUT2D eigenvalue weighted by atomic mass is 10.5. The lowest BCUT2D eigenvalue weighted by Crippen LogP contribution is -1.37. The van der Waals surface area contributed by atoms with Gasteiger partial charge in [0, 0.05) is 1.37 Å². The number of hydrogen-bond donors (Lipinski definition) is 0. The first-order valence-corrected chi connectivity index (χ1v) is 2.82. The summed E-state index contributed by atoms with van der Waals surface area (Å²) in [5.74, 6) is 0. The van der Waals surface area contributed by atoms with Crippen LogP contribution in [0.25, 0.3) is 0 Å². The molecule has 1 rings (SSSR count). The van der Waals surface area contributed by atoms with Crippen molar-refractivity contribution < 1.29 is 1.37 Å². The molecule has 0 bridgehead atoms. The molecule has 0 aromatic heterocycles. The Morgan fingerprint density at radius 2 is 1.62 bits per heavy atom. The predicted molar refractivity (Wildman–Crippen MR) is 41.0 cm³/mol. The van der Waals surface area contributed by atoms with E-state index < -0.39 is 0 Å². The van der Waals surface area contributed by atoms with Gasteiger partial charge in [-0.1, -0.05) is 45.6 Å². The van der Waals surface area contributed by atoms with Crippen molar-refractivity contribution in [2.45, 2.75) is 27.7 Å². The van der Waals surface area contributed by atoms with Crippen LogP contribution in [0.4, 0.5) is 0 Å². The van der Waals surface area contributed by atoms with Crippen molar-refractivity contribution in [3.8, 4) is 0 Å². The molecule has 0 heteroatoms. The first-order valence-electron chi connectivity index (χ1n) is 3.82. The van der Waals surface area contributed by atoms with Gasteiger partial charge in [-0.15, -0.1) is 0 Å². The molecule has 0 N–H and O–H groups in total. The van der Waals surface area contributed by atoms with Gasteiger partial charge in [0.25, 0.3) is 0 Å². The van der Waals surface area contributed by atoms with E-state index in [0.717, 1.165) is 6.42 Å². The third-order valence-electron chi connectivity index (χ3n) is 0.655. The second kappa shape index (κ2) is 9.70. The largest absolute Gasteiger partial charge is 0.0808 e. The predicted octanol–water partition coefficient (Wildman–Crippen LogP) is 3.16. The summed E-state index contributed by atoms with van der Waals surface area (Å²) in [4.78, 5) is 0. The van der Waals surface area contributed by atoms with Crippen LogP contribution in [0.3, 0.4) is 0 Å². The van der Waals surface area contributed by atoms with Crippen molar-refractivity contribution in [3.05, 3.63) is 24.3 Å². The second-order valence-corrected chi connectivity index (χ2v) is 1.09. The smallest absolute Gasteiger partial charge is 0.0194 e. The van der Waals surface area contributed by atoms with Crippen molar-refractivity contribution in [2.75, 3.05) is 0 Å². The zero-order valence-electron chi connectivity index (χ0n) is 7.02. The molecule has 0 fully saturated rings. The van der Waals surface area contributed by atoms with Gasteiger partial charge < -0.3 is 0 Å². The Labute approximate surface area is 54.3 Å². The Morgan fingerprint density at radius 1 is 1.25 bits per heavy atom. The van der Waals surface area contributed by atoms with Crippen LogP contribution < -0.4 is 0 Å². The van der Waals surface area contributed by atoms with E-state index in [1.54, 1.807) is 0 Å². The molecule has 0 aliphatic heterocycles. The molecule has 0 amide bonds. The van der Waals surface area contributed by atoms with Crippen LogP contribution in [0.5, 0.6) is 0 Å². The van der Waals surface area contributed by atoms with E-state index in [2.05, 4.69) is 24.3 Å². The Balaban J connectivity index is 0. The van der Waals surface area contributed by atoms with E-state index in [4.69, 9.17) is 1.37 Å². The van der Waals surface area contributed by atoms with Gasteiger partial charge in [-0.2, -0.15) is 0 Å². The normalized spacial score (nSPS) is 12.6. The summed E-state index contributed by atoms with van der Waals surface area (Å²) in [5.41, 5.74) is 0. The molecule has 0 aromatic carbocycles. The molecule has 1 aliphatic carbocycles. The lowest BCUT2D eigenvalue weighted by molar-refractivity contribution is 1.45. The molecule has 0 radical (unpaired) electrons. The third-order valence-corrected chi connectivity index (χ3v) is 0.655. The highest BCUT2D eigenvalue weighted by Gasteiger charge is 1.72. The molecule has 8 heavy (non-hydrogen) atoms. The first kappa shape index (κ1) is 7.48. The minimum absolute atomic E-state index is 1.14. The van der Waals surface area contributed by atoms with E-state index in [1.165, 1.54) is 7.40 Å². The molecule has 0 saturated heterocycles. The molecule has 0 atom stereocenters. The maximum absolute atomic E-state index is 5.75. The standard InChI is InChI=1S/C5H6.C2H6.CH4/c1-2-4-5-3-1;1-2;/h1-4H,5H2;1-2H3;1H4/i;;1D. The summed E-state index contributed by atoms with van der Waals surface area (Å²) >= 11 is 0. The minimum atomic E-state index is 1.14. The molecule has 0 heterocycles. The topological polar surface area (TPSA) is 0 Å². The van der Waals surface area contributed by atoms with Crippen molar-refractivity contribution in [1.82, 2.24) is 0 Å². The van der Waals surface area contributed by atoms with Crippen LogP contribution >= 0.6 is 0 Å². The van der Waals surface area contributed by atoms with Gasteiger partial charge in [0.15, 0.2) is 0 Å². The number of rotatable bonds is 0. The molecular formula is C8H16. The fourth-order valence-electron chi connectivity index (χ4n) is 0.393. The van der Waals surface area contributed by atoms with E-state index in [9.17, 15) is 0 Å². The van der Waals surface area contributed by atoms with Crippen molar-refractivity contribution in [2.24, 2.45) is 0 Å².